The maximum atomic E-state index is 9.53. The van der Waals surface area contributed by atoms with Crippen molar-refractivity contribution in [2.24, 2.45) is 0 Å². The van der Waals surface area contributed by atoms with Gasteiger partial charge < -0.3 is 4.57 Å². The normalized spacial score (nSPS) is 15.3. The van der Waals surface area contributed by atoms with Crippen molar-refractivity contribution in [3.8, 4) is 44.8 Å². The SMILES string of the molecule is [2H]c1c([2H])c([2H])c(-c2nc3ccccc3n2Cc2ccccc2CCc2c3c([2H])c([2H])c([2H])c([2H])c3c(-c3ccc4c5c(cccc35)-c3ccccc3-4)c3c([2H])c([2H])c([2H])c([2H])c23)c([2H])c1[2H]. The average Bonchev–Trinajstić information content (AvgIpc) is 3.87. The van der Waals surface area contributed by atoms with Gasteiger partial charge in [-0.2, -0.15) is 0 Å². The summed E-state index contributed by atoms with van der Waals surface area (Å²) in [6.07, 6.45) is 0.370. The highest BCUT2D eigenvalue weighted by atomic mass is 15.1. The van der Waals surface area contributed by atoms with E-state index in [0.717, 1.165) is 44.2 Å². The highest BCUT2D eigenvalue weighted by Gasteiger charge is 2.24. The second-order valence-electron chi connectivity index (χ2n) is 13.6. The number of fused-ring (bicyclic) bond motifs is 6. The molecule has 1 aliphatic rings. The number of hydrogen-bond donors (Lipinski definition) is 0. The van der Waals surface area contributed by atoms with E-state index in [-0.39, 0.29) is 88.6 Å². The van der Waals surface area contributed by atoms with Crippen molar-refractivity contribution in [3.63, 3.8) is 0 Å². The molecular formula is C52H36N2. The summed E-state index contributed by atoms with van der Waals surface area (Å²) in [5.41, 5.74) is 8.16. The molecular weight excluding hydrogens is 653 g/mol. The van der Waals surface area contributed by atoms with Gasteiger partial charge in [-0.05, 0) is 107 Å². The molecule has 1 aliphatic carbocycles. The Bertz CT molecular complexity index is 3700. The molecule has 0 spiro atoms. The molecule has 0 atom stereocenters. The van der Waals surface area contributed by atoms with E-state index in [1.807, 2.05) is 89.5 Å². The van der Waals surface area contributed by atoms with E-state index in [1.165, 1.54) is 0 Å². The fraction of sp³-hybridized carbons (Fsp3) is 0.0577. The predicted molar refractivity (Wildman–Crippen MR) is 227 cm³/mol. The summed E-state index contributed by atoms with van der Waals surface area (Å²) in [5.74, 6) is 0.194. The third-order valence-corrected chi connectivity index (χ3v) is 10.8. The van der Waals surface area contributed by atoms with Crippen molar-refractivity contribution in [2.75, 3.05) is 0 Å². The van der Waals surface area contributed by atoms with E-state index in [9.17, 15) is 5.48 Å². The quantitative estimate of drug-likeness (QED) is 0.151. The fourth-order valence-electron chi connectivity index (χ4n) is 8.42. The Morgan fingerprint density at radius 2 is 1.06 bits per heavy atom. The van der Waals surface area contributed by atoms with E-state index >= 15 is 0 Å². The lowest BCUT2D eigenvalue weighted by Crippen LogP contribution is -2.06. The van der Waals surface area contributed by atoms with Gasteiger partial charge in [-0.15, -0.1) is 0 Å². The second kappa shape index (κ2) is 12.4. The van der Waals surface area contributed by atoms with Crippen LogP contribution in [-0.2, 0) is 19.4 Å². The molecule has 0 fully saturated rings. The lowest BCUT2D eigenvalue weighted by atomic mass is 9.84. The highest BCUT2D eigenvalue weighted by molar-refractivity contribution is 6.23. The molecule has 1 heterocycles. The highest BCUT2D eigenvalue weighted by Crippen LogP contribution is 2.51. The molecule has 0 unspecified atom stereocenters. The van der Waals surface area contributed by atoms with E-state index in [0.29, 0.717) is 27.7 Å². The van der Waals surface area contributed by atoms with E-state index in [2.05, 4.69) is 12.1 Å². The van der Waals surface area contributed by atoms with Crippen LogP contribution in [0, 0.1) is 0 Å². The van der Waals surface area contributed by atoms with E-state index < -0.39 is 42.3 Å². The second-order valence-corrected chi connectivity index (χ2v) is 13.6. The van der Waals surface area contributed by atoms with E-state index in [4.69, 9.17) is 17.3 Å². The molecule has 9 aromatic carbocycles. The molecule has 0 N–H and O–H groups in total. The Balaban J connectivity index is 1.13. The standard InChI is InChI=1S/C52H36N2/c1-2-16-35(17-3-1)52-53-48-27-12-13-28-49(48)54(52)33-36-18-5-4-15-34(36)29-30-41-39-21-8-10-23-42(39)50(43-24-11-9-22-40(41)43)47-32-31-46-38-20-7-6-19-37(38)44-25-14-26-45(47)51(44)46/h1-28,31-32H,29-30,33H2/i1D,2D,3D,8D,9D,10D,11D,16D,17D,21D,22D,23D,24D. The summed E-state index contributed by atoms with van der Waals surface area (Å²) in [5, 5.41) is 2.40. The van der Waals surface area contributed by atoms with Crippen LogP contribution in [0.5, 0.6) is 0 Å². The molecule has 0 saturated heterocycles. The van der Waals surface area contributed by atoms with Crippen molar-refractivity contribution in [3.05, 3.63) is 198 Å². The lowest BCUT2D eigenvalue weighted by Gasteiger charge is -2.19. The van der Waals surface area contributed by atoms with Crippen LogP contribution in [0.3, 0.4) is 0 Å². The third kappa shape index (κ3) is 4.77. The molecule has 0 aliphatic heterocycles. The summed E-state index contributed by atoms with van der Waals surface area (Å²) >= 11 is 0. The molecule has 1 aromatic heterocycles. The van der Waals surface area contributed by atoms with Gasteiger partial charge in [0.2, 0.25) is 0 Å². The first-order valence-corrected chi connectivity index (χ1v) is 17.9. The fourth-order valence-corrected chi connectivity index (χ4v) is 8.42. The van der Waals surface area contributed by atoms with Crippen molar-refractivity contribution in [1.82, 2.24) is 9.55 Å². The molecule has 0 radical (unpaired) electrons. The zero-order valence-electron chi connectivity index (χ0n) is 41.8. The van der Waals surface area contributed by atoms with Crippen LogP contribution in [0.2, 0.25) is 0 Å². The molecule has 2 heteroatoms. The predicted octanol–water partition coefficient (Wildman–Crippen LogP) is 13.3. The minimum atomic E-state index is -0.509. The van der Waals surface area contributed by atoms with Crippen LogP contribution in [0.25, 0.3) is 88.1 Å². The Hall–Kier alpha value is -6.77. The maximum absolute atomic E-state index is 9.53. The number of nitrogens with zero attached hydrogens (tertiary/aromatic N) is 2. The van der Waals surface area contributed by atoms with Crippen LogP contribution in [-0.4, -0.2) is 9.55 Å². The average molecular weight is 702 g/mol. The lowest BCUT2D eigenvalue weighted by molar-refractivity contribution is 0.813. The minimum Gasteiger partial charge on any atom is -0.319 e. The number of rotatable bonds is 7. The van der Waals surface area contributed by atoms with Crippen molar-refractivity contribution < 1.29 is 17.8 Å². The summed E-state index contributed by atoms with van der Waals surface area (Å²) in [6, 6.07) is 27.4. The smallest absolute Gasteiger partial charge is 0.141 e. The first-order chi connectivity index (χ1) is 32.2. The largest absolute Gasteiger partial charge is 0.319 e. The van der Waals surface area contributed by atoms with Crippen LogP contribution in [0.15, 0.2) is 182 Å². The van der Waals surface area contributed by atoms with Gasteiger partial charge in [0.1, 0.15) is 5.82 Å². The van der Waals surface area contributed by atoms with Gasteiger partial charge in [0, 0.05) is 12.1 Å². The molecule has 0 bridgehead atoms. The topological polar surface area (TPSA) is 17.8 Å². The van der Waals surface area contributed by atoms with Crippen LogP contribution >= 0.6 is 0 Å². The molecule has 254 valence electrons. The van der Waals surface area contributed by atoms with Crippen molar-refractivity contribution in [2.45, 2.75) is 19.4 Å². The maximum Gasteiger partial charge on any atom is 0.141 e. The number of imidazole rings is 1. The Labute approximate surface area is 332 Å². The van der Waals surface area contributed by atoms with Gasteiger partial charge >= 0.3 is 0 Å². The third-order valence-electron chi connectivity index (χ3n) is 10.8. The zero-order chi connectivity index (χ0) is 46.9. The summed E-state index contributed by atoms with van der Waals surface area (Å²) < 4.78 is 118. The number of aromatic nitrogens is 2. The van der Waals surface area contributed by atoms with Crippen molar-refractivity contribution in [1.29, 1.82) is 0 Å². The van der Waals surface area contributed by atoms with Crippen LogP contribution in [0.4, 0.5) is 0 Å². The molecule has 0 saturated carbocycles. The minimum absolute atomic E-state index is 0.0363. The van der Waals surface area contributed by atoms with Gasteiger partial charge in [0.25, 0.3) is 0 Å². The zero-order valence-corrected chi connectivity index (χ0v) is 28.8. The Kier molecular flexibility index (Phi) is 4.71. The van der Waals surface area contributed by atoms with E-state index in [1.54, 1.807) is 6.07 Å². The monoisotopic (exact) mass is 701 g/mol. The Morgan fingerprint density at radius 3 is 1.81 bits per heavy atom. The van der Waals surface area contributed by atoms with Gasteiger partial charge in [-0.1, -0.05) is 170 Å². The van der Waals surface area contributed by atoms with Gasteiger partial charge in [-0.3, -0.25) is 0 Å². The first kappa shape index (κ1) is 20.5. The van der Waals surface area contributed by atoms with Crippen LogP contribution < -0.4 is 0 Å². The number of aryl methyl sites for hydroxylation is 2. The van der Waals surface area contributed by atoms with Crippen LogP contribution in [0.1, 0.15) is 34.5 Å². The molecule has 11 rings (SSSR count). The van der Waals surface area contributed by atoms with Gasteiger partial charge in [-0.25, -0.2) is 4.98 Å². The summed E-state index contributed by atoms with van der Waals surface area (Å²) in [6.45, 7) is 0.169. The van der Waals surface area contributed by atoms with Gasteiger partial charge in [0.05, 0.1) is 28.9 Å². The van der Waals surface area contributed by atoms with Crippen molar-refractivity contribution >= 4 is 43.4 Å². The Morgan fingerprint density at radius 1 is 0.463 bits per heavy atom. The van der Waals surface area contributed by atoms with Gasteiger partial charge in [0.15, 0.2) is 0 Å². The summed E-state index contributed by atoms with van der Waals surface area (Å²) in [7, 11) is 0. The number of benzene rings is 9. The first-order valence-electron chi connectivity index (χ1n) is 24.4. The number of hydrogen-bond acceptors (Lipinski definition) is 1. The number of para-hydroxylation sites is 2. The summed E-state index contributed by atoms with van der Waals surface area (Å²) in [4.78, 5) is 4.80. The molecule has 0 amide bonds. The molecule has 2 nitrogen and oxygen atoms in total. The molecule has 54 heavy (non-hydrogen) atoms. The molecule has 10 aromatic rings.